The summed E-state index contributed by atoms with van der Waals surface area (Å²) >= 11 is 3.42. The van der Waals surface area contributed by atoms with Crippen LogP contribution in [0.1, 0.15) is 24.8 Å². The Hall–Kier alpha value is -0.300. The predicted octanol–water partition coefficient (Wildman–Crippen LogP) is 3.37. The van der Waals surface area contributed by atoms with Gasteiger partial charge in [-0.25, -0.2) is 4.99 Å². The summed E-state index contributed by atoms with van der Waals surface area (Å²) in [5.41, 5.74) is 7.18. The molecule has 0 spiro atoms. The highest BCUT2D eigenvalue weighted by molar-refractivity contribution is 14.0. The van der Waals surface area contributed by atoms with Crippen molar-refractivity contribution in [1.29, 1.82) is 0 Å². The van der Waals surface area contributed by atoms with Gasteiger partial charge in [0, 0.05) is 17.6 Å². The molecule has 1 aliphatic rings. The summed E-state index contributed by atoms with van der Waals surface area (Å²) in [4.78, 5) is 6.64. The average molecular weight is 424 g/mol. The van der Waals surface area contributed by atoms with E-state index in [-0.39, 0.29) is 24.0 Å². The monoisotopic (exact) mass is 423 g/mol. The van der Waals surface area contributed by atoms with Crippen molar-refractivity contribution < 1.29 is 0 Å². The number of nitrogens with zero attached hydrogens (tertiary/aromatic N) is 2. The third kappa shape index (κ3) is 4.76. The van der Waals surface area contributed by atoms with Crippen molar-refractivity contribution in [2.24, 2.45) is 10.7 Å². The number of benzene rings is 1. The summed E-state index contributed by atoms with van der Waals surface area (Å²) in [6, 6.07) is 8.19. The number of hydrogen-bond acceptors (Lipinski definition) is 1. The zero-order chi connectivity index (χ0) is 12.1. The highest BCUT2D eigenvalue weighted by Gasteiger charge is 2.11. The van der Waals surface area contributed by atoms with Crippen LogP contribution in [0.3, 0.4) is 0 Å². The quantitative estimate of drug-likeness (QED) is 0.450. The second-order valence-corrected chi connectivity index (χ2v) is 5.26. The number of guanidine groups is 1. The molecule has 0 saturated carbocycles. The van der Waals surface area contributed by atoms with E-state index in [2.05, 4.69) is 38.0 Å². The maximum Gasteiger partial charge on any atom is 0.191 e. The van der Waals surface area contributed by atoms with E-state index in [9.17, 15) is 0 Å². The molecular formula is C13H19BrIN3. The van der Waals surface area contributed by atoms with Gasteiger partial charge < -0.3 is 10.6 Å². The van der Waals surface area contributed by atoms with Gasteiger partial charge >= 0.3 is 0 Å². The summed E-state index contributed by atoms with van der Waals surface area (Å²) in [7, 11) is 0. The number of likely N-dealkylation sites (tertiary alicyclic amines) is 1. The fraction of sp³-hybridized carbons (Fsp3) is 0.462. The largest absolute Gasteiger partial charge is 0.370 e. The smallest absolute Gasteiger partial charge is 0.191 e. The maximum atomic E-state index is 5.99. The maximum absolute atomic E-state index is 5.99. The standard InChI is InChI=1S/C13H18BrN3.HI/c14-12-6-4-11(5-7-12)10-16-13(15)17-8-2-1-3-9-17;/h4-7H,1-3,8-10H2,(H2,15,16);1H. The summed E-state index contributed by atoms with van der Waals surface area (Å²) in [6.07, 6.45) is 3.78. The van der Waals surface area contributed by atoms with Crippen LogP contribution < -0.4 is 5.73 Å². The molecule has 1 heterocycles. The van der Waals surface area contributed by atoms with Crippen LogP contribution >= 0.6 is 39.9 Å². The van der Waals surface area contributed by atoms with Crippen molar-refractivity contribution in [3.63, 3.8) is 0 Å². The zero-order valence-corrected chi connectivity index (χ0v) is 14.2. The Morgan fingerprint density at radius 2 is 1.78 bits per heavy atom. The number of rotatable bonds is 2. The highest BCUT2D eigenvalue weighted by atomic mass is 127. The van der Waals surface area contributed by atoms with Crippen molar-refractivity contribution in [2.45, 2.75) is 25.8 Å². The molecule has 1 aromatic carbocycles. The van der Waals surface area contributed by atoms with Gasteiger partial charge in [0.25, 0.3) is 0 Å². The van der Waals surface area contributed by atoms with Gasteiger partial charge in [0.1, 0.15) is 0 Å². The first-order chi connectivity index (χ1) is 8.25. The van der Waals surface area contributed by atoms with E-state index in [1.165, 1.54) is 24.8 Å². The molecule has 1 aromatic rings. The summed E-state index contributed by atoms with van der Waals surface area (Å²) in [5.74, 6) is 0.688. The minimum Gasteiger partial charge on any atom is -0.370 e. The van der Waals surface area contributed by atoms with Gasteiger partial charge in [-0.05, 0) is 37.0 Å². The van der Waals surface area contributed by atoms with E-state index < -0.39 is 0 Å². The van der Waals surface area contributed by atoms with Gasteiger partial charge in [0.2, 0.25) is 0 Å². The molecule has 2 N–H and O–H groups in total. The molecule has 1 saturated heterocycles. The van der Waals surface area contributed by atoms with Gasteiger partial charge in [-0.1, -0.05) is 28.1 Å². The molecule has 5 heteroatoms. The summed E-state index contributed by atoms with van der Waals surface area (Å²) in [5, 5.41) is 0. The normalized spacial score (nSPS) is 16.3. The second kappa shape index (κ2) is 7.99. The van der Waals surface area contributed by atoms with Gasteiger partial charge in [-0.15, -0.1) is 24.0 Å². The lowest BCUT2D eigenvalue weighted by atomic mass is 10.1. The molecule has 0 radical (unpaired) electrons. The van der Waals surface area contributed by atoms with Crippen LogP contribution in [0.5, 0.6) is 0 Å². The Morgan fingerprint density at radius 1 is 1.17 bits per heavy atom. The van der Waals surface area contributed by atoms with E-state index >= 15 is 0 Å². The van der Waals surface area contributed by atoms with Crippen molar-refractivity contribution >= 4 is 45.9 Å². The van der Waals surface area contributed by atoms with Crippen LogP contribution in [-0.4, -0.2) is 23.9 Å². The molecule has 0 unspecified atom stereocenters. The fourth-order valence-electron chi connectivity index (χ4n) is 1.99. The first kappa shape index (κ1) is 15.8. The van der Waals surface area contributed by atoms with Crippen LogP contribution in [0.2, 0.25) is 0 Å². The molecule has 100 valence electrons. The molecule has 1 fully saturated rings. The Bertz CT molecular complexity index is 386. The first-order valence-corrected chi connectivity index (χ1v) is 6.84. The third-order valence-electron chi connectivity index (χ3n) is 3.02. The SMILES string of the molecule is I.NC(=NCc1ccc(Br)cc1)N1CCCCC1. The lowest BCUT2D eigenvalue weighted by Gasteiger charge is -2.27. The molecule has 0 aliphatic carbocycles. The molecule has 0 aromatic heterocycles. The summed E-state index contributed by atoms with van der Waals surface area (Å²) < 4.78 is 1.09. The number of hydrogen-bond donors (Lipinski definition) is 1. The Balaban J connectivity index is 0.00000162. The molecule has 18 heavy (non-hydrogen) atoms. The van der Waals surface area contributed by atoms with Crippen LogP contribution in [0.4, 0.5) is 0 Å². The number of piperidine rings is 1. The average Bonchev–Trinajstić information content (AvgIpc) is 2.39. The van der Waals surface area contributed by atoms with Crippen molar-refractivity contribution in [2.75, 3.05) is 13.1 Å². The molecule has 2 rings (SSSR count). The van der Waals surface area contributed by atoms with Crippen molar-refractivity contribution in [3.05, 3.63) is 34.3 Å². The van der Waals surface area contributed by atoms with Crippen LogP contribution in [-0.2, 0) is 6.54 Å². The fourth-order valence-corrected chi connectivity index (χ4v) is 2.25. The van der Waals surface area contributed by atoms with Gasteiger partial charge in [0.15, 0.2) is 5.96 Å². The minimum absolute atomic E-state index is 0. The highest BCUT2D eigenvalue weighted by Crippen LogP contribution is 2.12. The van der Waals surface area contributed by atoms with Crippen LogP contribution in [0.15, 0.2) is 33.7 Å². The lowest BCUT2D eigenvalue weighted by molar-refractivity contribution is 0.338. The van der Waals surface area contributed by atoms with E-state index in [1.807, 2.05) is 12.1 Å². The third-order valence-corrected chi connectivity index (χ3v) is 3.55. The van der Waals surface area contributed by atoms with Crippen molar-refractivity contribution in [3.8, 4) is 0 Å². The van der Waals surface area contributed by atoms with Gasteiger partial charge in [-0.3, -0.25) is 0 Å². The molecule has 0 atom stereocenters. The molecule has 1 aliphatic heterocycles. The Kier molecular flexibility index (Phi) is 6.99. The van der Waals surface area contributed by atoms with Gasteiger partial charge in [-0.2, -0.15) is 0 Å². The minimum atomic E-state index is 0. The number of halogens is 2. The van der Waals surface area contributed by atoms with Crippen LogP contribution in [0.25, 0.3) is 0 Å². The van der Waals surface area contributed by atoms with E-state index in [1.54, 1.807) is 0 Å². The van der Waals surface area contributed by atoms with E-state index in [0.717, 1.165) is 17.6 Å². The number of nitrogens with two attached hydrogens (primary N) is 1. The lowest BCUT2D eigenvalue weighted by Crippen LogP contribution is -2.40. The first-order valence-electron chi connectivity index (χ1n) is 6.05. The molecule has 3 nitrogen and oxygen atoms in total. The molecule has 0 bridgehead atoms. The second-order valence-electron chi connectivity index (χ2n) is 4.35. The molecular weight excluding hydrogens is 405 g/mol. The number of aliphatic imine (C=N–C) groups is 1. The molecule has 0 amide bonds. The topological polar surface area (TPSA) is 41.6 Å². The summed E-state index contributed by atoms with van der Waals surface area (Å²) in [6.45, 7) is 2.76. The zero-order valence-electron chi connectivity index (χ0n) is 10.3. The Morgan fingerprint density at radius 3 is 2.39 bits per heavy atom. The van der Waals surface area contributed by atoms with Gasteiger partial charge in [0.05, 0.1) is 6.54 Å². The van der Waals surface area contributed by atoms with E-state index in [4.69, 9.17) is 5.73 Å². The van der Waals surface area contributed by atoms with E-state index in [0.29, 0.717) is 12.5 Å². The predicted molar refractivity (Wildman–Crippen MR) is 90.3 cm³/mol. The van der Waals surface area contributed by atoms with Crippen LogP contribution in [0, 0.1) is 0 Å². The Labute approximate surface area is 134 Å². The van der Waals surface area contributed by atoms with Crippen molar-refractivity contribution in [1.82, 2.24) is 4.90 Å².